The number of carbonyl (C=O) groups excluding carboxylic acids is 4. The molecule has 4 N–H and O–H groups in total. The topological polar surface area (TPSA) is 131 Å². The molecule has 1 atom stereocenters. The van der Waals surface area contributed by atoms with Crippen molar-refractivity contribution in [3.8, 4) is 17.6 Å². The summed E-state index contributed by atoms with van der Waals surface area (Å²) in [6, 6.07) is 10.1. The number of imide groups is 1. The quantitative estimate of drug-likeness (QED) is 0.466. The monoisotopic (exact) mass is 420 g/mol. The lowest BCUT2D eigenvalue weighted by molar-refractivity contribution is -0.108. The van der Waals surface area contributed by atoms with Crippen molar-refractivity contribution in [2.75, 3.05) is 13.7 Å². The van der Waals surface area contributed by atoms with E-state index in [1.54, 1.807) is 41.3 Å². The van der Waals surface area contributed by atoms with Gasteiger partial charge in [0.2, 0.25) is 12.3 Å². The van der Waals surface area contributed by atoms with Gasteiger partial charge in [-0.2, -0.15) is 0 Å². The lowest BCUT2D eigenvalue weighted by Gasteiger charge is -2.21. The molecule has 0 bridgehead atoms. The van der Waals surface area contributed by atoms with Gasteiger partial charge in [-0.1, -0.05) is 17.9 Å². The predicted molar refractivity (Wildman–Crippen MR) is 111 cm³/mol. The van der Waals surface area contributed by atoms with Crippen LogP contribution in [0.25, 0.3) is 0 Å². The summed E-state index contributed by atoms with van der Waals surface area (Å²) in [5.74, 6) is 5.62. The van der Waals surface area contributed by atoms with Gasteiger partial charge in [0.1, 0.15) is 11.8 Å². The van der Waals surface area contributed by atoms with Crippen LogP contribution in [0.3, 0.4) is 0 Å². The highest BCUT2D eigenvalue weighted by Gasteiger charge is 2.29. The van der Waals surface area contributed by atoms with Gasteiger partial charge >= 0.3 is 6.03 Å². The number of methoxy groups -OCH3 is 1. The molecule has 3 rings (SSSR count). The summed E-state index contributed by atoms with van der Waals surface area (Å²) in [5.41, 5.74) is 7.54. The Bertz CT molecular complexity index is 1090. The summed E-state index contributed by atoms with van der Waals surface area (Å²) in [5, 5.41) is 4.56. The Hall–Kier alpha value is -4.32. The zero-order chi connectivity index (χ0) is 22.4. The normalized spacial score (nSPS) is 12.8. The fourth-order valence-corrected chi connectivity index (χ4v) is 3.10. The number of amides is 5. The maximum Gasteiger partial charge on any atom is 0.322 e. The molecule has 5 amide bonds. The van der Waals surface area contributed by atoms with E-state index in [1.165, 1.54) is 7.11 Å². The molecule has 1 aliphatic heterocycles. The van der Waals surface area contributed by atoms with E-state index in [0.29, 0.717) is 29.0 Å². The zero-order valence-electron chi connectivity index (χ0n) is 16.7. The van der Waals surface area contributed by atoms with Gasteiger partial charge in [0.15, 0.2) is 0 Å². The fraction of sp³-hybridized carbons (Fsp3) is 0.182. The first kappa shape index (κ1) is 21.4. The van der Waals surface area contributed by atoms with Crippen molar-refractivity contribution >= 4 is 24.3 Å². The lowest BCUT2D eigenvalue weighted by atomic mass is 10.1. The third-order valence-electron chi connectivity index (χ3n) is 4.65. The Kier molecular flexibility index (Phi) is 6.52. The largest absolute Gasteiger partial charge is 0.497 e. The highest BCUT2D eigenvalue weighted by atomic mass is 16.5. The number of benzene rings is 2. The smallest absolute Gasteiger partial charge is 0.322 e. The molecule has 2 aromatic carbocycles. The van der Waals surface area contributed by atoms with Crippen LogP contribution in [0.5, 0.6) is 5.75 Å². The van der Waals surface area contributed by atoms with Crippen molar-refractivity contribution in [1.82, 2.24) is 15.5 Å². The molecule has 1 heterocycles. The van der Waals surface area contributed by atoms with Gasteiger partial charge in [0.05, 0.1) is 13.7 Å². The summed E-state index contributed by atoms with van der Waals surface area (Å²) < 4.78 is 5.17. The van der Waals surface area contributed by atoms with Crippen LogP contribution in [0.1, 0.15) is 31.8 Å². The molecular formula is C22H20N4O5. The molecule has 31 heavy (non-hydrogen) atoms. The molecule has 2 aromatic rings. The Morgan fingerprint density at radius 1 is 1.26 bits per heavy atom. The maximum absolute atomic E-state index is 12.8. The van der Waals surface area contributed by atoms with E-state index >= 15 is 0 Å². The van der Waals surface area contributed by atoms with E-state index in [1.807, 2.05) is 11.4 Å². The molecule has 0 aromatic heterocycles. The number of carbonyl (C=O) groups is 4. The van der Waals surface area contributed by atoms with Crippen LogP contribution in [0.15, 0.2) is 42.5 Å². The van der Waals surface area contributed by atoms with Crippen molar-refractivity contribution in [2.24, 2.45) is 5.73 Å². The molecule has 9 nitrogen and oxygen atoms in total. The molecule has 0 spiro atoms. The summed E-state index contributed by atoms with van der Waals surface area (Å²) in [6.07, 6.45) is 0.255. The fourth-order valence-electron chi connectivity index (χ4n) is 3.10. The van der Waals surface area contributed by atoms with Gasteiger partial charge in [0, 0.05) is 23.2 Å². The van der Waals surface area contributed by atoms with Crippen molar-refractivity contribution < 1.29 is 23.9 Å². The minimum absolute atomic E-state index is 0.106. The first-order chi connectivity index (χ1) is 14.9. The second kappa shape index (κ2) is 9.45. The van der Waals surface area contributed by atoms with Gasteiger partial charge in [-0.15, -0.1) is 0 Å². The SMILES string of the molecule is COc1ccc2c(c1)C(=O)N(C[C@@H](C#Cc1ccc(C(N)=O)cc1)NC(=O)NC=O)C2. The number of nitrogens with one attached hydrogen (secondary N) is 2. The molecule has 0 fully saturated rings. The van der Waals surface area contributed by atoms with E-state index < -0.39 is 18.0 Å². The van der Waals surface area contributed by atoms with E-state index in [0.717, 1.165) is 5.56 Å². The third kappa shape index (κ3) is 5.19. The van der Waals surface area contributed by atoms with Gasteiger partial charge in [-0.3, -0.25) is 19.7 Å². The highest BCUT2D eigenvalue weighted by molar-refractivity contribution is 5.99. The molecule has 9 heteroatoms. The molecule has 158 valence electrons. The summed E-state index contributed by atoms with van der Waals surface area (Å²) in [7, 11) is 1.52. The van der Waals surface area contributed by atoms with Crippen molar-refractivity contribution in [2.45, 2.75) is 12.6 Å². The van der Waals surface area contributed by atoms with E-state index in [9.17, 15) is 19.2 Å². The number of ether oxygens (including phenoxy) is 1. The Labute approximate surface area is 178 Å². The standard InChI is InChI=1S/C22H20N4O5/c1-31-18-9-7-16-11-26(21(29)19(16)10-18)12-17(25-22(30)24-13-27)8-4-14-2-5-15(6-3-14)20(23)28/h2-3,5-7,9-10,13,17H,11-12H2,1H3,(H2,23,28)(H2,24,25,27,30)/t17-/m1/s1. The number of nitrogens with two attached hydrogens (primary N) is 1. The van der Waals surface area contributed by atoms with Gasteiger partial charge in [-0.25, -0.2) is 4.79 Å². The van der Waals surface area contributed by atoms with Gasteiger partial charge in [-0.05, 0) is 42.0 Å². The Morgan fingerprint density at radius 2 is 2.00 bits per heavy atom. The molecule has 0 saturated heterocycles. The van der Waals surface area contributed by atoms with Gasteiger partial charge < -0.3 is 20.7 Å². The summed E-state index contributed by atoms with van der Waals surface area (Å²) >= 11 is 0. The van der Waals surface area contributed by atoms with Gasteiger partial charge in [0.25, 0.3) is 5.91 Å². The number of urea groups is 1. The van der Waals surface area contributed by atoms with Crippen LogP contribution in [-0.2, 0) is 11.3 Å². The number of rotatable bonds is 6. The Morgan fingerprint density at radius 3 is 2.65 bits per heavy atom. The molecule has 0 unspecified atom stereocenters. The molecule has 0 aliphatic carbocycles. The molecule has 0 saturated carbocycles. The van der Waals surface area contributed by atoms with Crippen LogP contribution < -0.4 is 21.1 Å². The molecule has 1 aliphatic rings. The number of fused-ring (bicyclic) bond motifs is 1. The van der Waals surface area contributed by atoms with Crippen LogP contribution in [0.4, 0.5) is 4.79 Å². The number of primary amides is 1. The number of hydrogen-bond acceptors (Lipinski definition) is 5. The first-order valence-corrected chi connectivity index (χ1v) is 9.29. The van der Waals surface area contributed by atoms with Crippen LogP contribution >= 0.6 is 0 Å². The summed E-state index contributed by atoms with van der Waals surface area (Å²) in [6.45, 7) is 0.467. The summed E-state index contributed by atoms with van der Waals surface area (Å²) in [4.78, 5) is 47.9. The second-order valence-electron chi connectivity index (χ2n) is 6.71. The first-order valence-electron chi connectivity index (χ1n) is 9.29. The average Bonchev–Trinajstić information content (AvgIpc) is 3.07. The van der Waals surface area contributed by atoms with E-state index in [4.69, 9.17) is 10.5 Å². The minimum atomic E-state index is -0.754. The maximum atomic E-state index is 12.8. The Balaban J connectivity index is 1.78. The third-order valence-corrected chi connectivity index (χ3v) is 4.65. The van der Waals surface area contributed by atoms with Crippen LogP contribution in [0.2, 0.25) is 0 Å². The van der Waals surface area contributed by atoms with Crippen LogP contribution in [-0.4, -0.2) is 48.9 Å². The average molecular weight is 420 g/mol. The minimum Gasteiger partial charge on any atom is -0.497 e. The van der Waals surface area contributed by atoms with Crippen molar-refractivity contribution in [3.05, 3.63) is 64.7 Å². The molecule has 0 radical (unpaired) electrons. The predicted octanol–water partition coefficient (Wildman–Crippen LogP) is 0.626. The van der Waals surface area contributed by atoms with E-state index in [-0.39, 0.29) is 18.9 Å². The van der Waals surface area contributed by atoms with Crippen LogP contribution in [0, 0.1) is 11.8 Å². The number of hydrogen-bond donors (Lipinski definition) is 3. The van der Waals surface area contributed by atoms with Crippen molar-refractivity contribution in [1.29, 1.82) is 0 Å². The lowest BCUT2D eigenvalue weighted by Crippen LogP contribution is -2.46. The van der Waals surface area contributed by atoms with Crippen molar-refractivity contribution in [3.63, 3.8) is 0 Å². The number of nitrogens with zero attached hydrogens (tertiary/aromatic N) is 1. The highest BCUT2D eigenvalue weighted by Crippen LogP contribution is 2.26. The second-order valence-corrected chi connectivity index (χ2v) is 6.71. The molecular weight excluding hydrogens is 400 g/mol. The zero-order valence-corrected chi connectivity index (χ0v) is 16.7. The van der Waals surface area contributed by atoms with E-state index in [2.05, 4.69) is 17.2 Å².